The number of hydrogen-bond donors (Lipinski definition) is 2. The maximum atomic E-state index is 11.6. The lowest BCUT2D eigenvalue weighted by Crippen LogP contribution is -2.44. The number of nitrogens with zero attached hydrogens (tertiary/aromatic N) is 1. The summed E-state index contributed by atoms with van der Waals surface area (Å²) in [6, 6.07) is 0. The number of nitrogens with one attached hydrogen (secondary N) is 1. The fraction of sp³-hybridized carbons (Fsp3) is 0.917. The van der Waals surface area contributed by atoms with Crippen molar-refractivity contribution in [1.29, 1.82) is 0 Å². The molecule has 3 N–H and O–H groups in total. The molecule has 16 heavy (non-hydrogen) atoms. The van der Waals surface area contributed by atoms with Crippen LogP contribution in [0, 0.1) is 5.92 Å². The first kappa shape index (κ1) is 13.5. The summed E-state index contributed by atoms with van der Waals surface area (Å²) < 4.78 is 0. The number of nitrogens with two attached hydrogens (primary N) is 1. The van der Waals surface area contributed by atoms with Crippen molar-refractivity contribution in [1.82, 2.24) is 10.2 Å². The molecule has 0 aromatic carbocycles. The van der Waals surface area contributed by atoms with E-state index in [0.29, 0.717) is 12.5 Å². The second kappa shape index (κ2) is 7.63. The van der Waals surface area contributed by atoms with Crippen molar-refractivity contribution < 1.29 is 4.79 Å². The van der Waals surface area contributed by atoms with E-state index < -0.39 is 0 Å². The molecule has 1 fully saturated rings. The van der Waals surface area contributed by atoms with Gasteiger partial charge >= 0.3 is 0 Å². The smallest absolute Gasteiger partial charge is 0.234 e. The van der Waals surface area contributed by atoms with Gasteiger partial charge in [0.25, 0.3) is 0 Å². The maximum absolute atomic E-state index is 11.6. The van der Waals surface area contributed by atoms with Crippen molar-refractivity contribution in [2.75, 3.05) is 32.7 Å². The molecule has 4 heteroatoms. The van der Waals surface area contributed by atoms with Crippen LogP contribution in [0.25, 0.3) is 0 Å². The normalized spacial score (nSPS) is 22.0. The molecule has 4 nitrogen and oxygen atoms in total. The highest BCUT2D eigenvalue weighted by molar-refractivity contribution is 5.77. The molecule has 1 atom stereocenters. The van der Waals surface area contributed by atoms with Gasteiger partial charge in [-0.05, 0) is 38.3 Å². The van der Waals surface area contributed by atoms with E-state index in [-0.39, 0.29) is 5.91 Å². The molecule has 1 saturated heterocycles. The molecule has 0 aliphatic carbocycles. The number of rotatable bonds is 6. The Labute approximate surface area is 98.6 Å². The Kier molecular flexibility index (Phi) is 6.42. The molecular weight excluding hydrogens is 202 g/mol. The van der Waals surface area contributed by atoms with E-state index in [2.05, 4.69) is 17.1 Å². The Morgan fingerprint density at radius 2 is 2.38 bits per heavy atom. The number of carbonyl (C=O) groups is 1. The highest BCUT2D eigenvalue weighted by Crippen LogP contribution is 2.14. The quantitative estimate of drug-likeness (QED) is 0.652. The summed E-state index contributed by atoms with van der Waals surface area (Å²) in [7, 11) is 0. The number of likely N-dealkylation sites (tertiary alicyclic amines) is 1. The first-order valence-electron chi connectivity index (χ1n) is 6.45. The first-order valence-corrected chi connectivity index (χ1v) is 6.45. The maximum Gasteiger partial charge on any atom is 0.234 e. The van der Waals surface area contributed by atoms with Crippen LogP contribution in [0.1, 0.15) is 32.6 Å². The minimum atomic E-state index is 0.158. The molecule has 0 spiro atoms. The number of unbranched alkanes of at least 4 members (excludes halogenated alkanes) is 1. The summed E-state index contributed by atoms with van der Waals surface area (Å²) in [5, 5.41) is 2.95. The molecule has 94 valence electrons. The van der Waals surface area contributed by atoms with Crippen molar-refractivity contribution in [3.05, 3.63) is 0 Å². The molecule has 0 bridgehead atoms. The first-order chi connectivity index (χ1) is 7.76. The van der Waals surface area contributed by atoms with Crippen LogP contribution in [0.2, 0.25) is 0 Å². The van der Waals surface area contributed by atoms with Crippen LogP contribution >= 0.6 is 0 Å². The molecule has 1 aliphatic rings. The zero-order chi connectivity index (χ0) is 11.8. The van der Waals surface area contributed by atoms with Gasteiger partial charge < -0.3 is 11.1 Å². The van der Waals surface area contributed by atoms with Crippen LogP contribution in [0.3, 0.4) is 0 Å². The highest BCUT2D eigenvalue weighted by Gasteiger charge is 2.20. The van der Waals surface area contributed by atoms with Crippen molar-refractivity contribution >= 4 is 5.91 Å². The van der Waals surface area contributed by atoms with Crippen LogP contribution < -0.4 is 11.1 Å². The lowest BCUT2D eigenvalue weighted by Gasteiger charge is -2.31. The molecule has 1 rings (SSSR count). The van der Waals surface area contributed by atoms with Gasteiger partial charge in [-0.1, -0.05) is 13.3 Å². The monoisotopic (exact) mass is 227 g/mol. The summed E-state index contributed by atoms with van der Waals surface area (Å²) in [4.78, 5) is 13.8. The molecule has 0 aromatic heterocycles. The van der Waals surface area contributed by atoms with Gasteiger partial charge in [-0.2, -0.15) is 0 Å². The predicted molar refractivity (Wildman–Crippen MR) is 66.1 cm³/mol. The third kappa shape index (κ3) is 4.94. The van der Waals surface area contributed by atoms with E-state index >= 15 is 0 Å². The average Bonchev–Trinajstić information content (AvgIpc) is 2.29. The van der Waals surface area contributed by atoms with Crippen LogP contribution in [0.5, 0.6) is 0 Å². The number of hydrogen-bond acceptors (Lipinski definition) is 3. The van der Waals surface area contributed by atoms with Crippen molar-refractivity contribution in [2.45, 2.75) is 32.6 Å². The van der Waals surface area contributed by atoms with E-state index in [4.69, 9.17) is 5.73 Å². The van der Waals surface area contributed by atoms with E-state index in [1.807, 2.05) is 0 Å². The van der Waals surface area contributed by atoms with Crippen LogP contribution in [0.4, 0.5) is 0 Å². The number of carbonyl (C=O) groups excluding carboxylic acids is 1. The zero-order valence-electron chi connectivity index (χ0n) is 10.4. The van der Waals surface area contributed by atoms with Crippen molar-refractivity contribution in [2.24, 2.45) is 11.7 Å². The Morgan fingerprint density at radius 3 is 3.06 bits per heavy atom. The van der Waals surface area contributed by atoms with Gasteiger partial charge in [0, 0.05) is 13.1 Å². The van der Waals surface area contributed by atoms with Gasteiger partial charge in [0.1, 0.15) is 0 Å². The number of piperidine rings is 1. The third-order valence-corrected chi connectivity index (χ3v) is 3.16. The van der Waals surface area contributed by atoms with Crippen molar-refractivity contribution in [3.8, 4) is 0 Å². The van der Waals surface area contributed by atoms with Crippen LogP contribution in [-0.4, -0.2) is 43.5 Å². The second-order valence-corrected chi connectivity index (χ2v) is 4.68. The Bertz CT molecular complexity index is 208. The molecule has 1 heterocycles. The minimum absolute atomic E-state index is 0.158. The molecule has 0 aromatic rings. The molecule has 0 radical (unpaired) electrons. The third-order valence-electron chi connectivity index (χ3n) is 3.16. The summed E-state index contributed by atoms with van der Waals surface area (Å²) >= 11 is 0. The molecule has 0 saturated carbocycles. The van der Waals surface area contributed by atoms with Gasteiger partial charge in [-0.3, -0.25) is 9.69 Å². The molecule has 0 unspecified atom stereocenters. The fourth-order valence-corrected chi connectivity index (χ4v) is 2.15. The van der Waals surface area contributed by atoms with Gasteiger partial charge in [0.15, 0.2) is 0 Å². The molecular formula is C12H25N3O. The standard InChI is InChI=1S/C12H25N3O/c1-2-3-6-14-12(16)10-15-7-4-5-11(8-13)9-15/h11H,2-10,13H2,1H3,(H,14,16)/t11-/m1/s1. The Balaban J connectivity index is 2.17. The second-order valence-electron chi connectivity index (χ2n) is 4.68. The summed E-state index contributed by atoms with van der Waals surface area (Å²) in [5.74, 6) is 0.739. The highest BCUT2D eigenvalue weighted by atomic mass is 16.2. The zero-order valence-corrected chi connectivity index (χ0v) is 10.4. The summed E-state index contributed by atoms with van der Waals surface area (Å²) in [6.45, 7) is 6.25. The average molecular weight is 227 g/mol. The minimum Gasteiger partial charge on any atom is -0.355 e. The van der Waals surface area contributed by atoms with Gasteiger partial charge in [0.2, 0.25) is 5.91 Å². The van der Waals surface area contributed by atoms with E-state index in [1.54, 1.807) is 0 Å². The largest absolute Gasteiger partial charge is 0.355 e. The molecule has 1 aliphatic heterocycles. The SMILES string of the molecule is CCCCNC(=O)CN1CCC[C@H](CN)C1. The van der Waals surface area contributed by atoms with Gasteiger partial charge in [-0.15, -0.1) is 0 Å². The number of amides is 1. The molecule has 1 amide bonds. The Morgan fingerprint density at radius 1 is 1.56 bits per heavy atom. The van der Waals surface area contributed by atoms with E-state index in [1.165, 1.54) is 12.8 Å². The Hall–Kier alpha value is -0.610. The predicted octanol–water partition coefficient (Wildman–Crippen LogP) is 0.573. The lowest BCUT2D eigenvalue weighted by molar-refractivity contribution is -0.122. The summed E-state index contributed by atoms with van der Waals surface area (Å²) in [5.41, 5.74) is 5.67. The fourth-order valence-electron chi connectivity index (χ4n) is 2.15. The van der Waals surface area contributed by atoms with Crippen LogP contribution in [0.15, 0.2) is 0 Å². The van der Waals surface area contributed by atoms with Gasteiger partial charge in [-0.25, -0.2) is 0 Å². The lowest BCUT2D eigenvalue weighted by atomic mass is 9.98. The topological polar surface area (TPSA) is 58.4 Å². The van der Waals surface area contributed by atoms with Gasteiger partial charge in [0.05, 0.1) is 6.54 Å². The van der Waals surface area contributed by atoms with E-state index in [0.717, 1.165) is 39.0 Å². The van der Waals surface area contributed by atoms with Crippen LogP contribution in [-0.2, 0) is 4.79 Å². The van der Waals surface area contributed by atoms with E-state index in [9.17, 15) is 4.79 Å². The summed E-state index contributed by atoms with van der Waals surface area (Å²) in [6.07, 6.45) is 4.57. The van der Waals surface area contributed by atoms with Crippen molar-refractivity contribution in [3.63, 3.8) is 0 Å².